The maximum Gasteiger partial charge on any atom is 0.227 e. The van der Waals surface area contributed by atoms with Gasteiger partial charge in [0.2, 0.25) is 5.91 Å². The average molecular weight is 374 g/mol. The van der Waals surface area contributed by atoms with Gasteiger partial charge in [0.1, 0.15) is 0 Å². The summed E-state index contributed by atoms with van der Waals surface area (Å²) in [5.74, 6) is 0.964. The smallest absolute Gasteiger partial charge is 0.227 e. The predicted molar refractivity (Wildman–Crippen MR) is 112 cm³/mol. The molecule has 6 heteroatoms. The van der Waals surface area contributed by atoms with Crippen LogP contribution in [0, 0.1) is 5.41 Å². The summed E-state index contributed by atoms with van der Waals surface area (Å²) in [5, 5.41) is 6.29. The zero-order valence-corrected chi connectivity index (χ0v) is 17.3. The standard InChI is InChI=1S/C21H35N5O/c1-5-22-19(27)21(3,4)17-24-20(23-6-2)26-14-12-25(13-15-26)16-18-10-8-7-9-11-18/h7-11H,5-6,12-17H2,1-4H3,(H,22,27)(H,23,24). The second-order valence-electron chi connectivity index (χ2n) is 7.66. The van der Waals surface area contributed by atoms with E-state index in [4.69, 9.17) is 4.99 Å². The maximum atomic E-state index is 12.2. The molecule has 1 aromatic rings. The molecule has 1 amide bonds. The second kappa shape index (κ2) is 10.3. The van der Waals surface area contributed by atoms with Gasteiger partial charge < -0.3 is 15.5 Å². The van der Waals surface area contributed by atoms with Crippen LogP contribution in [0.4, 0.5) is 0 Å². The third-order valence-electron chi connectivity index (χ3n) is 4.83. The van der Waals surface area contributed by atoms with E-state index in [-0.39, 0.29) is 5.91 Å². The number of nitrogens with one attached hydrogen (secondary N) is 2. The Kier molecular flexibility index (Phi) is 8.10. The number of piperazine rings is 1. The Labute approximate surface area is 164 Å². The van der Waals surface area contributed by atoms with E-state index in [9.17, 15) is 4.79 Å². The van der Waals surface area contributed by atoms with Crippen LogP contribution in [0.3, 0.4) is 0 Å². The number of hydrogen-bond acceptors (Lipinski definition) is 3. The number of nitrogens with zero attached hydrogens (tertiary/aromatic N) is 3. The highest BCUT2D eigenvalue weighted by Gasteiger charge is 2.28. The van der Waals surface area contributed by atoms with E-state index in [1.807, 2.05) is 20.8 Å². The fraction of sp³-hybridized carbons (Fsp3) is 0.619. The molecule has 0 unspecified atom stereocenters. The Morgan fingerprint density at radius 3 is 2.26 bits per heavy atom. The van der Waals surface area contributed by atoms with Crippen LogP contribution in [0.15, 0.2) is 35.3 Å². The summed E-state index contributed by atoms with van der Waals surface area (Å²) >= 11 is 0. The van der Waals surface area contributed by atoms with Crippen LogP contribution in [-0.4, -0.2) is 67.5 Å². The van der Waals surface area contributed by atoms with Crippen molar-refractivity contribution in [3.05, 3.63) is 35.9 Å². The lowest BCUT2D eigenvalue weighted by Crippen LogP contribution is -2.52. The van der Waals surface area contributed by atoms with Gasteiger partial charge in [0, 0.05) is 45.8 Å². The molecular formula is C21H35N5O. The minimum Gasteiger partial charge on any atom is -0.357 e. The normalized spacial score (nSPS) is 16.3. The molecule has 2 N–H and O–H groups in total. The van der Waals surface area contributed by atoms with Gasteiger partial charge in [0.15, 0.2) is 5.96 Å². The molecule has 1 aromatic carbocycles. The highest BCUT2D eigenvalue weighted by molar-refractivity contribution is 5.83. The zero-order chi connectivity index (χ0) is 19.7. The summed E-state index contributed by atoms with van der Waals surface area (Å²) in [6.45, 7) is 14.8. The molecule has 0 atom stereocenters. The van der Waals surface area contributed by atoms with Gasteiger partial charge >= 0.3 is 0 Å². The van der Waals surface area contributed by atoms with Gasteiger partial charge in [0.25, 0.3) is 0 Å². The van der Waals surface area contributed by atoms with Gasteiger partial charge in [-0.15, -0.1) is 0 Å². The summed E-state index contributed by atoms with van der Waals surface area (Å²) < 4.78 is 0. The first-order chi connectivity index (χ1) is 13.0. The SMILES string of the molecule is CCNC(=O)C(C)(C)CN=C(NCC)N1CCN(Cc2ccccc2)CC1. The molecule has 0 aromatic heterocycles. The van der Waals surface area contributed by atoms with Crippen molar-refractivity contribution < 1.29 is 4.79 Å². The summed E-state index contributed by atoms with van der Waals surface area (Å²) in [6, 6.07) is 10.6. The largest absolute Gasteiger partial charge is 0.357 e. The molecule has 2 rings (SSSR count). The molecule has 150 valence electrons. The van der Waals surface area contributed by atoms with Crippen molar-refractivity contribution in [3.63, 3.8) is 0 Å². The van der Waals surface area contributed by atoms with Crippen molar-refractivity contribution in [3.8, 4) is 0 Å². The van der Waals surface area contributed by atoms with Crippen molar-refractivity contribution in [2.75, 3.05) is 45.8 Å². The number of amides is 1. The molecule has 0 spiro atoms. The lowest BCUT2D eigenvalue weighted by Gasteiger charge is -2.37. The zero-order valence-electron chi connectivity index (χ0n) is 17.3. The molecule has 0 aliphatic carbocycles. The molecule has 1 aliphatic heterocycles. The fourth-order valence-electron chi connectivity index (χ4n) is 3.13. The van der Waals surface area contributed by atoms with Crippen LogP contribution in [0.2, 0.25) is 0 Å². The number of guanidine groups is 1. The Morgan fingerprint density at radius 1 is 1.04 bits per heavy atom. The monoisotopic (exact) mass is 373 g/mol. The number of aliphatic imine (C=N–C) groups is 1. The van der Waals surface area contributed by atoms with E-state index in [0.29, 0.717) is 13.1 Å². The summed E-state index contributed by atoms with van der Waals surface area (Å²) in [6.07, 6.45) is 0. The molecular weight excluding hydrogens is 338 g/mol. The summed E-state index contributed by atoms with van der Waals surface area (Å²) in [5.41, 5.74) is 0.849. The van der Waals surface area contributed by atoms with Gasteiger partial charge in [-0.2, -0.15) is 0 Å². The van der Waals surface area contributed by atoms with Crippen molar-refractivity contribution in [2.45, 2.75) is 34.2 Å². The second-order valence-corrected chi connectivity index (χ2v) is 7.66. The van der Waals surface area contributed by atoms with E-state index in [1.54, 1.807) is 0 Å². The van der Waals surface area contributed by atoms with Crippen LogP contribution in [0.25, 0.3) is 0 Å². The summed E-state index contributed by atoms with van der Waals surface area (Å²) in [7, 11) is 0. The number of carbonyl (C=O) groups excluding carboxylic acids is 1. The molecule has 1 aliphatic rings. The van der Waals surface area contributed by atoms with E-state index in [1.165, 1.54) is 5.56 Å². The van der Waals surface area contributed by atoms with Crippen LogP contribution in [0.5, 0.6) is 0 Å². The van der Waals surface area contributed by atoms with Gasteiger partial charge in [-0.3, -0.25) is 14.7 Å². The summed E-state index contributed by atoms with van der Waals surface area (Å²) in [4.78, 5) is 21.8. The molecule has 1 heterocycles. The lowest BCUT2D eigenvalue weighted by atomic mass is 9.92. The predicted octanol–water partition coefficient (Wildman–Crippen LogP) is 1.93. The van der Waals surface area contributed by atoms with Crippen molar-refractivity contribution >= 4 is 11.9 Å². The molecule has 27 heavy (non-hydrogen) atoms. The topological polar surface area (TPSA) is 60.0 Å². The molecule has 6 nitrogen and oxygen atoms in total. The van der Waals surface area contributed by atoms with Crippen LogP contribution in [0.1, 0.15) is 33.3 Å². The van der Waals surface area contributed by atoms with E-state index in [2.05, 4.69) is 57.7 Å². The number of hydrogen-bond donors (Lipinski definition) is 2. The first-order valence-electron chi connectivity index (χ1n) is 10.0. The highest BCUT2D eigenvalue weighted by atomic mass is 16.2. The Balaban J connectivity index is 1.92. The van der Waals surface area contributed by atoms with Crippen LogP contribution < -0.4 is 10.6 Å². The fourth-order valence-corrected chi connectivity index (χ4v) is 3.13. The molecule has 1 saturated heterocycles. The Morgan fingerprint density at radius 2 is 1.67 bits per heavy atom. The Bertz CT molecular complexity index is 606. The van der Waals surface area contributed by atoms with Crippen molar-refractivity contribution in [1.29, 1.82) is 0 Å². The minimum atomic E-state index is -0.508. The highest BCUT2D eigenvalue weighted by Crippen LogP contribution is 2.16. The number of carbonyl (C=O) groups is 1. The van der Waals surface area contributed by atoms with E-state index in [0.717, 1.165) is 45.2 Å². The third-order valence-corrected chi connectivity index (χ3v) is 4.83. The van der Waals surface area contributed by atoms with Crippen LogP contribution >= 0.6 is 0 Å². The molecule has 0 saturated carbocycles. The lowest BCUT2D eigenvalue weighted by molar-refractivity contribution is -0.128. The number of rotatable bonds is 7. The van der Waals surface area contributed by atoms with Gasteiger partial charge in [-0.05, 0) is 33.3 Å². The quantitative estimate of drug-likeness (QED) is 0.566. The average Bonchev–Trinajstić information content (AvgIpc) is 2.67. The maximum absolute atomic E-state index is 12.2. The van der Waals surface area contributed by atoms with Crippen molar-refractivity contribution in [1.82, 2.24) is 20.4 Å². The van der Waals surface area contributed by atoms with E-state index >= 15 is 0 Å². The Hall–Kier alpha value is -2.08. The minimum absolute atomic E-state index is 0.0530. The van der Waals surface area contributed by atoms with Gasteiger partial charge in [0.05, 0.1) is 12.0 Å². The van der Waals surface area contributed by atoms with Crippen molar-refractivity contribution in [2.24, 2.45) is 10.4 Å². The molecule has 1 fully saturated rings. The van der Waals surface area contributed by atoms with Gasteiger partial charge in [-0.25, -0.2) is 0 Å². The molecule has 0 radical (unpaired) electrons. The first-order valence-corrected chi connectivity index (χ1v) is 10.0. The number of benzene rings is 1. The first kappa shape index (κ1) is 21.2. The van der Waals surface area contributed by atoms with E-state index < -0.39 is 5.41 Å². The molecule has 0 bridgehead atoms. The van der Waals surface area contributed by atoms with Crippen LogP contribution in [-0.2, 0) is 11.3 Å². The third kappa shape index (κ3) is 6.54. The van der Waals surface area contributed by atoms with Gasteiger partial charge in [-0.1, -0.05) is 30.3 Å².